The van der Waals surface area contributed by atoms with Crippen LogP contribution in [0.25, 0.3) is 61.3 Å². The van der Waals surface area contributed by atoms with Crippen LogP contribution in [0.2, 0.25) is 38.5 Å². The number of hydrogen-bond acceptors (Lipinski definition) is 18. The third kappa shape index (κ3) is 16.9. The molecule has 0 amide bonds. The molecule has 0 aliphatic heterocycles. The number of hydrogen-bond donors (Lipinski definition) is 0. The van der Waals surface area contributed by atoms with Gasteiger partial charge in [-0.15, -0.1) is 30.6 Å². The average Bonchev–Trinajstić information content (AvgIpc) is 4.40. The van der Waals surface area contributed by atoms with Gasteiger partial charge in [-0.25, -0.2) is 26.3 Å². The van der Waals surface area contributed by atoms with Gasteiger partial charge in [-0.3, -0.25) is 0 Å². The molecule has 0 atom stereocenters. The normalized spacial score (nSPS) is 11.5. The number of rotatable bonds is 6. The van der Waals surface area contributed by atoms with E-state index in [0.29, 0.717) is 101 Å². The largest absolute Gasteiger partial charge is 0.207 e. The van der Waals surface area contributed by atoms with Crippen LogP contribution in [0.5, 0.6) is 0 Å². The van der Waals surface area contributed by atoms with E-state index in [2.05, 4.69) is 228 Å². The molecule has 12 aromatic rings. The summed E-state index contributed by atoms with van der Waals surface area (Å²) in [7, 11) is 0. The van der Waals surface area contributed by atoms with Crippen molar-refractivity contribution in [1.29, 1.82) is 0 Å². The molecule has 82 heavy (non-hydrogen) atoms. The molecule has 0 unspecified atom stereocenters. The van der Waals surface area contributed by atoms with Crippen molar-refractivity contribution in [3.05, 3.63) is 129 Å². The first-order valence-electron chi connectivity index (χ1n) is 23.5. The molecule has 34 heteroatoms. The van der Waals surface area contributed by atoms with E-state index in [9.17, 15) is 26.3 Å². The standard InChI is InChI=1S/2C13H4Br2F2N4S2.2C6HBr2FN2S.2C2H5.6CH3.2Sn/c14-6-2-8(16)4(10-12(6)22-20-18-10)1-5-9(17)3-7(15)13-11(5)19-21-23-13;14-8-6(16)2-4(10-12(8)22-20-18-10)1-5-3-7(17)9(15)13-11(5)19-21-23-13;7-2-1-3(9)4(8)5-6(2)12-11-10-5;7-2-1-3(9)4(8)6-5(2)10-11-12-6;2*1-2;;;;;;;;/h2*2-3H,1H2;2*1H;2*1H2,2H3;6*1H3;;. The van der Waals surface area contributed by atoms with Crippen molar-refractivity contribution in [2.45, 2.75) is 65.2 Å². The fraction of sp³-hybridized carbons (Fsp3) is 0.250. The molecular formula is C48H38Br8F6N12S6Sn2. The molecule has 6 heterocycles. The molecule has 6 aromatic heterocycles. The smallest absolute Gasteiger partial charge is 0.140 e. The Morgan fingerprint density at radius 3 is 0.976 bits per heavy atom. The van der Waals surface area contributed by atoms with Crippen molar-refractivity contribution >= 4 is 295 Å². The van der Waals surface area contributed by atoms with Crippen LogP contribution in [0.1, 0.15) is 36.1 Å². The first kappa shape index (κ1) is 68.7. The zero-order chi connectivity index (χ0) is 60.1. The zero-order valence-electron chi connectivity index (χ0n) is 43.4. The van der Waals surface area contributed by atoms with E-state index >= 15 is 0 Å². The van der Waals surface area contributed by atoms with Crippen LogP contribution in [-0.4, -0.2) is 94.3 Å². The molecule has 12 nitrogen and oxygen atoms in total. The second-order valence-corrected chi connectivity index (χ2v) is 63.9. The maximum atomic E-state index is 14.4. The minimum atomic E-state index is -1.23. The number of nitrogens with zero attached hydrogens (tertiary/aromatic N) is 12. The summed E-state index contributed by atoms with van der Waals surface area (Å²) in [6, 6.07) is 8.24. The zero-order valence-corrected chi connectivity index (χ0v) is 66.7. The van der Waals surface area contributed by atoms with Crippen LogP contribution in [0.3, 0.4) is 0 Å². The maximum absolute atomic E-state index is 14.4. The van der Waals surface area contributed by atoms with E-state index in [-0.39, 0.29) is 24.5 Å². The monoisotopic (exact) mass is 1960 g/mol. The van der Waals surface area contributed by atoms with Crippen molar-refractivity contribution in [2.75, 3.05) is 0 Å². The molecule has 0 spiro atoms. The van der Waals surface area contributed by atoms with Crippen LogP contribution in [0, 0.1) is 34.9 Å². The molecule has 0 aliphatic rings. The summed E-state index contributed by atoms with van der Waals surface area (Å²) in [5.74, 6) is -2.36. The van der Waals surface area contributed by atoms with Gasteiger partial charge in [-0.2, -0.15) is 0 Å². The fourth-order valence-electron chi connectivity index (χ4n) is 6.39. The number of fused-ring (bicyclic) bond motifs is 6. The van der Waals surface area contributed by atoms with Crippen molar-refractivity contribution in [3.63, 3.8) is 0 Å². The predicted molar refractivity (Wildman–Crippen MR) is 359 cm³/mol. The molecule has 0 radical (unpaired) electrons. The summed E-state index contributed by atoms with van der Waals surface area (Å²) in [6.45, 7) is 4.60. The average molecular weight is 1970 g/mol. The molecule has 432 valence electrons. The van der Waals surface area contributed by atoms with Crippen molar-refractivity contribution in [2.24, 2.45) is 0 Å². The minimum Gasteiger partial charge on any atom is -0.207 e. The summed E-state index contributed by atoms with van der Waals surface area (Å²) in [5.41, 5.74) is 5.17. The van der Waals surface area contributed by atoms with E-state index in [4.69, 9.17) is 0 Å². The maximum Gasteiger partial charge on any atom is 0.140 e. The van der Waals surface area contributed by atoms with E-state index in [0.717, 1.165) is 76.5 Å². The van der Waals surface area contributed by atoms with E-state index < -0.39 is 60.0 Å². The third-order valence-corrected chi connectivity index (χ3v) is 35.4. The summed E-state index contributed by atoms with van der Waals surface area (Å²) in [5, 5.41) is 23.7. The third-order valence-electron chi connectivity index (χ3n) is 11.7. The number of halogens is 14. The molecule has 0 N–H and O–H groups in total. The number of aromatic nitrogens is 12. The Balaban J connectivity index is 0.000000152. The molecule has 0 bridgehead atoms. The number of benzene rings is 6. The molecular weight excluding hydrogens is 1930 g/mol. The fourth-order valence-corrected chi connectivity index (χ4v) is 14.6. The van der Waals surface area contributed by atoms with Gasteiger partial charge in [0.15, 0.2) is 0 Å². The summed E-state index contributed by atoms with van der Waals surface area (Å²) in [4.78, 5) is 14.7. The van der Waals surface area contributed by atoms with Gasteiger partial charge in [0, 0.05) is 41.9 Å². The molecule has 0 saturated carbocycles. The molecule has 0 saturated heterocycles. The quantitative estimate of drug-likeness (QED) is 0.0884. The van der Waals surface area contributed by atoms with E-state index in [1.54, 1.807) is 0 Å². The summed E-state index contributed by atoms with van der Waals surface area (Å²) >= 11 is 30.1. The Bertz CT molecular complexity index is 3990. The second kappa shape index (κ2) is 30.2. The first-order chi connectivity index (χ1) is 38.6. The van der Waals surface area contributed by atoms with Crippen molar-refractivity contribution in [3.8, 4) is 0 Å². The van der Waals surface area contributed by atoms with Gasteiger partial charge >= 0.3 is 89.1 Å². The van der Waals surface area contributed by atoms with Gasteiger partial charge < -0.3 is 0 Å². The van der Waals surface area contributed by atoms with Crippen LogP contribution in [0.4, 0.5) is 26.3 Å². The van der Waals surface area contributed by atoms with Gasteiger partial charge in [0.1, 0.15) is 68.0 Å². The van der Waals surface area contributed by atoms with Crippen LogP contribution in [-0.2, 0) is 12.8 Å². The minimum absolute atomic E-state index is 0.0298. The molecule has 6 aromatic carbocycles. The second-order valence-electron chi connectivity index (χ2n) is 19.5. The molecule has 12 rings (SSSR count). The molecule has 0 fully saturated rings. The Labute approximate surface area is 565 Å². The Morgan fingerprint density at radius 2 is 0.598 bits per heavy atom. The summed E-state index contributed by atoms with van der Waals surface area (Å²) < 4.78 is 117. The Morgan fingerprint density at radius 1 is 0.329 bits per heavy atom. The van der Waals surface area contributed by atoms with Crippen molar-refractivity contribution in [1.82, 2.24) is 57.5 Å². The van der Waals surface area contributed by atoms with Crippen molar-refractivity contribution < 1.29 is 26.3 Å². The van der Waals surface area contributed by atoms with Crippen LogP contribution < -0.4 is 0 Å². The van der Waals surface area contributed by atoms with Crippen LogP contribution in [0.15, 0.2) is 72.2 Å². The van der Waals surface area contributed by atoms with Crippen LogP contribution >= 0.6 is 197 Å². The summed E-state index contributed by atoms with van der Waals surface area (Å²) in [6.07, 6.45) is 0.320. The van der Waals surface area contributed by atoms with E-state index in [1.165, 1.54) is 56.8 Å². The Hall–Kier alpha value is -0.743. The van der Waals surface area contributed by atoms with Gasteiger partial charge in [0.25, 0.3) is 0 Å². The topological polar surface area (TPSA) is 155 Å². The van der Waals surface area contributed by atoms with Gasteiger partial charge in [0.05, 0.1) is 46.1 Å². The predicted octanol–water partition coefficient (Wildman–Crippen LogP) is 21.6. The molecule has 0 aliphatic carbocycles. The SMILES string of the molecule is C[CH2][Sn]([CH3])([CH3])[CH3].C[CH2][Sn]([CH3])([CH3])[CH3].Fc1cc(Br)c2nnsc2c1Br.Fc1cc(Br)c2snnc2c1Br.Fc1cc(Br)c2snnc2c1Cc1c(F)cc(Br)c2snnc12.Fc1cc(Cc2cc(F)c(Br)c3snnc23)c2nnsc2c1Br. The first-order valence-corrected chi connectivity index (χ1v) is 55.7. The Kier molecular flexibility index (Phi) is 25.3. The van der Waals surface area contributed by atoms with Gasteiger partial charge in [-0.05, 0) is 244 Å². The van der Waals surface area contributed by atoms with E-state index in [1.807, 2.05) is 0 Å². The van der Waals surface area contributed by atoms with Gasteiger partial charge in [0.2, 0.25) is 0 Å². The van der Waals surface area contributed by atoms with Gasteiger partial charge in [-0.1, -0.05) is 26.9 Å².